The van der Waals surface area contributed by atoms with E-state index in [1.54, 1.807) is 6.92 Å². The minimum absolute atomic E-state index is 0.0720. The van der Waals surface area contributed by atoms with Crippen LogP contribution in [0, 0.1) is 0 Å². The van der Waals surface area contributed by atoms with E-state index in [0.29, 0.717) is 12.8 Å². The largest absolute Gasteiger partial charge is 0.463 e. The van der Waals surface area contributed by atoms with Gasteiger partial charge in [0.15, 0.2) is 6.29 Å². The molecule has 0 amide bonds. The lowest BCUT2D eigenvalue weighted by molar-refractivity contribution is -0.250. The van der Waals surface area contributed by atoms with Gasteiger partial charge >= 0.3 is 11.9 Å². The molecule has 1 rings (SSSR count). The Morgan fingerprint density at radius 3 is 2.30 bits per heavy atom. The summed E-state index contributed by atoms with van der Waals surface area (Å²) < 4.78 is 22.5. The van der Waals surface area contributed by atoms with Crippen LogP contribution in [0.3, 0.4) is 0 Å². The molecule has 30 heavy (non-hydrogen) atoms. The number of ketones is 1. The molecule has 0 aromatic heterocycles. The summed E-state index contributed by atoms with van der Waals surface area (Å²) >= 11 is 0. The van der Waals surface area contributed by atoms with Crippen LogP contribution in [0.4, 0.5) is 0 Å². The maximum absolute atomic E-state index is 12.1. The van der Waals surface area contributed by atoms with Gasteiger partial charge in [-0.3, -0.25) is 14.4 Å². The van der Waals surface area contributed by atoms with Crippen LogP contribution in [0.15, 0.2) is 0 Å². The van der Waals surface area contributed by atoms with Crippen molar-refractivity contribution in [1.29, 1.82) is 0 Å². The molecule has 1 N–H and O–H groups in total. The summed E-state index contributed by atoms with van der Waals surface area (Å²) in [4.78, 5) is 34.4. The molecule has 6 atom stereocenters. The van der Waals surface area contributed by atoms with Crippen LogP contribution in [0.25, 0.3) is 0 Å². The second-order valence-corrected chi connectivity index (χ2v) is 8.15. The molecule has 0 saturated carbocycles. The molecule has 8 heteroatoms. The van der Waals surface area contributed by atoms with E-state index < -0.39 is 30.3 Å². The minimum Gasteiger partial charge on any atom is -0.463 e. The van der Waals surface area contributed by atoms with Gasteiger partial charge in [-0.25, -0.2) is 0 Å². The first-order valence-electron chi connectivity index (χ1n) is 11.0. The van der Waals surface area contributed by atoms with Gasteiger partial charge in [0.05, 0.1) is 18.3 Å². The zero-order valence-corrected chi connectivity index (χ0v) is 18.9. The van der Waals surface area contributed by atoms with Crippen LogP contribution in [0.5, 0.6) is 0 Å². The molecule has 1 aliphatic heterocycles. The van der Waals surface area contributed by atoms with Crippen molar-refractivity contribution in [2.24, 2.45) is 0 Å². The van der Waals surface area contributed by atoms with E-state index in [1.807, 2.05) is 0 Å². The molecular formula is C22H38O8. The summed E-state index contributed by atoms with van der Waals surface area (Å²) in [6.07, 6.45) is 1.46. The van der Waals surface area contributed by atoms with Gasteiger partial charge in [-0.1, -0.05) is 20.3 Å². The number of esters is 2. The fourth-order valence-corrected chi connectivity index (χ4v) is 3.68. The Morgan fingerprint density at radius 1 is 1.07 bits per heavy atom. The highest BCUT2D eigenvalue weighted by Gasteiger charge is 2.32. The predicted molar refractivity (Wildman–Crippen MR) is 110 cm³/mol. The van der Waals surface area contributed by atoms with Crippen molar-refractivity contribution in [2.75, 3.05) is 0 Å². The molecule has 1 heterocycles. The Labute approximate surface area is 179 Å². The number of carbonyl (C=O) groups excluding carboxylic acids is 3. The first kappa shape index (κ1) is 26.5. The maximum atomic E-state index is 12.1. The van der Waals surface area contributed by atoms with Gasteiger partial charge in [0.2, 0.25) is 0 Å². The number of aliphatic hydroxyl groups excluding tert-OH is 1. The Kier molecular flexibility index (Phi) is 12.1. The van der Waals surface area contributed by atoms with E-state index >= 15 is 0 Å². The van der Waals surface area contributed by atoms with E-state index in [-0.39, 0.29) is 43.5 Å². The second kappa shape index (κ2) is 13.7. The number of carbonyl (C=O) groups is 3. The first-order chi connectivity index (χ1) is 14.1. The van der Waals surface area contributed by atoms with Crippen LogP contribution >= 0.6 is 0 Å². The lowest BCUT2D eigenvalue weighted by Crippen LogP contribution is -2.40. The van der Waals surface area contributed by atoms with Gasteiger partial charge in [0.1, 0.15) is 24.4 Å². The van der Waals surface area contributed by atoms with Crippen molar-refractivity contribution >= 4 is 17.7 Å². The molecule has 0 aromatic rings. The van der Waals surface area contributed by atoms with Gasteiger partial charge in [-0.2, -0.15) is 0 Å². The van der Waals surface area contributed by atoms with E-state index in [9.17, 15) is 19.5 Å². The Morgan fingerprint density at radius 2 is 1.73 bits per heavy atom. The topological polar surface area (TPSA) is 108 Å². The molecular weight excluding hydrogens is 392 g/mol. The Balaban J connectivity index is 2.77. The van der Waals surface area contributed by atoms with Gasteiger partial charge in [0.25, 0.3) is 0 Å². The number of Topliss-reactive ketones (excluding diaryl/α,β-unsaturated/α-hetero) is 1. The van der Waals surface area contributed by atoms with Gasteiger partial charge in [-0.05, 0) is 26.7 Å². The highest BCUT2D eigenvalue weighted by atomic mass is 16.7. The average molecular weight is 431 g/mol. The van der Waals surface area contributed by atoms with Crippen LogP contribution in [0.2, 0.25) is 0 Å². The highest BCUT2D eigenvalue weighted by molar-refractivity contribution is 5.94. The molecule has 174 valence electrons. The number of hydrogen-bond donors (Lipinski definition) is 1. The zero-order valence-electron chi connectivity index (χ0n) is 18.9. The third-order valence-corrected chi connectivity index (χ3v) is 4.92. The Hall–Kier alpha value is -1.51. The quantitative estimate of drug-likeness (QED) is 0.351. The van der Waals surface area contributed by atoms with E-state index in [2.05, 4.69) is 13.8 Å². The molecule has 1 saturated heterocycles. The van der Waals surface area contributed by atoms with Crippen LogP contribution in [-0.4, -0.2) is 59.6 Å². The van der Waals surface area contributed by atoms with Crippen molar-refractivity contribution in [2.45, 2.75) is 123 Å². The third kappa shape index (κ3) is 11.0. The Bertz CT molecular complexity index is 549. The van der Waals surface area contributed by atoms with Crippen LogP contribution in [0.1, 0.15) is 86.0 Å². The number of ether oxygens (including phenoxy) is 4. The molecule has 8 nitrogen and oxygen atoms in total. The summed E-state index contributed by atoms with van der Waals surface area (Å²) in [5.41, 5.74) is 0. The van der Waals surface area contributed by atoms with Crippen molar-refractivity contribution in [3.05, 3.63) is 0 Å². The van der Waals surface area contributed by atoms with Crippen molar-refractivity contribution in [3.63, 3.8) is 0 Å². The molecule has 0 bridgehead atoms. The smallest absolute Gasteiger partial charge is 0.313 e. The lowest BCUT2D eigenvalue weighted by Gasteiger charge is -2.37. The minimum atomic E-state index is -0.831. The average Bonchev–Trinajstić information content (AvgIpc) is 2.59. The standard InChI is InChI=1S/C22H38O8/c1-6-8-22-29-18(7-2)12-20(30-22)13-19(28-21(26)9-14(3)23)11-17(25)10-15(4)27-16(5)24/h15,17-20,22,25H,6-13H2,1-5H3. The number of rotatable bonds is 13. The lowest BCUT2D eigenvalue weighted by atomic mass is 9.97. The third-order valence-electron chi connectivity index (χ3n) is 4.92. The number of hydrogen-bond acceptors (Lipinski definition) is 8. The van der Waals surface area contributed by atoms with Crippen LogP contribution < -0.4 is 0 Å². The molecule has 0 radical (unpaired) electrons. The van der Waals surface area contributed by atoms with Crippen molar-refractivity contribution < 1.29 is 38.4 Å². The van der Waals surface area contributed by atoms with E-state index in [1.165, 1.54) is 13.8 Å². The van der Waals surface area contributed by atoms with Gasteiger partial charge < -0.3 is 24.1 Å². The summed E-state index contributed by atoms with van der Waals surface area (Å²) in [5, 5.41) is 10.4. The van der Waals surface area contributed by atoms with Gasteiger partial charge in [0, 0.05) is 32.6 Å². The molecule has 0 aliphatic carbocycles. The monoisotopic (exact) mass is 430 g/mol. The summed E-state index contributed by atoms with van der Waals surface area (Å²) in [6.45, 7) is 8.46. The van der Waals surface area contributed by atoms with E-state index in [0.717, 1.165) is 19.3 Å². The summed E-state index contributed by atoms with van der Waals surface area (Å²) in [6, 6.07) is 0. The van der Waals surface area contributed by atoms with E-state index in [4.69, 9.17) is 18.9 Å². The van der Waals surface area contributed by atoms with Crippen LogP contribution in [-0.2, 0) is 33.3 Å². The van der Waals surface area contributed by atoms with Crippen molar-refractivity contribution in [3.8, 4) is 0 Å². The SMILES string of the molecule is CCCC1OC(CC)CC(CC(CC(O)CC(C)OC(C)=O)OC(=O)CC(C)=O)O1. The molecule has 0 aromatic carbocycles. The van der Waals surface area contributed by atoms with Crippen molar-refractivity contribution in [1.82, 2.24) is 0 Å². The zero-order chi connectivity index (χ0) is 22.7. The fraction of sp³-hybridized carbons (Fsp3) is 0.864. The predicted octanol–water partition coefficient (Wildman–Crippen LogP) is 3.07. The number of aliphatic hydroxyl groups is 1. The summed E-state index contributed by atoms with van der Waals surface area (Å²) in [5.74, 6) is -1.31. The highest BCUT2D eigenvalue weighted by Crippen LogP contribution is 2.28. The summed E-state index contributed by atoms with van der Waals surface area (Å²) in [7, 11) is 0. The normalized spacial score (nSPS) is 24.5. The first-order valence-corrected chi connectivity index (χ1v) is 11.0. The van der Waals surface area contributed by atoms with Gasteiger partial charge in [-0.15, -0.1) is 0 Å². The molecule has 1 aliphatic rings. The molecule has 1 fully saturated rings. The fourth-order valence-electron chi connectivity index (χ4n) is 3.68. The maximum Gasteiger partial charge on any atom is 0.313 e. The molecule has 6 unspecified atom stereocenters. The second-order valence-electron chi connectivity index (χ2n) is 8.15. The molecule has 0 spiro atoms.